The molecular weight excluding hydrogens is 293 g/mol. The number of nitrogens with zero attached hydrogens (tertiary/aromatic N) is 2. The van der Waals surface area contributed by atoms with Gasteiger partial charge in [0.25, 0.3) is 0 Å². The molecule has 6 heteroatoms. The molecule has 0 saturated heterocycles. The first-order valence-electron chi connectivity index (χ1n) is 7.34. The Morgan fingerprint density at radius 1 is 1.13 bits per heavy atom. The summed E-state index contributed by atoms with van der Waals surface area (Å²) in [4.78, 5) is 8.78. The van der Waals surface area contributed by atoms with Gasteiger partial charge >= 0.3 is 0 Å². The molecule has 0 spiro atoms. The van der Waals surface area contributed by atoms with E-state index in [0.29, 0.717) is 11.3 Å². The average Bonchev–Trinajstić information content (AvgIpc) is 3.03. The van der Waals surface area contributed by atoms with Crippen molar-refractivity contribution in [3.63, 3.8) is 0 Å². The highest BCUT2D eigenvalue weighted by Gasteiger charge is 2.33. The van der Waals surface area contributed by atoms with Crippen LogP contribution in [0.25, 0.3) is 10.9 Å². The van der Waals surface area contributed by atoms with Gasteiger partial charge in [-0.1, -0.05) is 30.3 Å². The monoisotopic (exact) mass is 309 g/mol. The molecule has 5 nitrogen and oxygen atoms in total. The van der Waals surface area contributed by atoms with Gasteiger partial charge in [-0.05, 0) is 18.2 Å². The molecule has 1 aliphatic rings. The van der Waals surface area contributed by atoms with E-state index in [-0.39, 0.29) is 5.96 Å². The lowest BCUT2D eigenvalue weighted by Gasteiger charge is -2.36. The maximum atomic E-state index is 15.0. The summed E-state index contributed by atoms with van der Waals surface area (Å²) in [6.07, 6.45) is -0.345. The zero-order chi connectivity index (χ0) is 16.0. The lowest BCUT2D eigenvalue weighted by atomic mass is 10.0. The third kappa shape index (κ3) is 2.07. The number of aromatic amines is 1. The van der Waals surface area contributed by atoms with E-state index in [1.54, 1.807) is 24.3 Å². The number of hydrogen-bond acceptors (Lipinski definition) is 4. The Bertz CT molecular complexity index is 886. The van der Waals surface area contributed by atoms with E-state index in [4.69, 9.17) is 11.5 Å². The maximum Gasteiger partial charge on any atom is 0.202 e. The number of aromatic nitrogens is 1. The van der Waals surface area contributed by atoms with Crippen molar-refractivity contribution in [3.05, 3.63) is 65.9 Å². The molecule has 2 unspecified atom stereocenters. The smallest absolute Gasteiger partial charge is 0.202 e. The molecule has 5 N–H and O–H groups in total. The van der Waals surface area contributed by atoms with Crippen LogP contribution in [0.4, 0.5) is 10.1 Å². The van der Waals surface area contributed by atoms with Gasteiger partial charge in [0.05, 0.1) is 5.69 Å². The molecule has 0 fully saturated rings. The van der Waals surface area contributed by atoms with E-state index < -0.39 is 12.5 Å². The molecule has 116 valence electrons. The third-order valence-corrected chi connectivity index (χ3v) is 4.17. The molecule has 2 atom stereocenters. The Morgan fingerprint density at radius 2 is 1.91 bits per heavy atom. The number of H-pyrrole nitrogens is 1. The Balaban J connectivity index is 1.84. The van der Waals surface area contributed by atoms with Crippen LogP contribution in [0.1, 0.15) is 23.6 Å². The minimum Gasteiger partial charge on any atom is -0.369 e. The number of nitrogens with two attached hydrogens (primary N) is 2. The van der Waals surface area contributed by atoms with Crippen molar-refractivity contribution in [2.24, 2.45) is 16.5 Å². The number of alkyl halides is 1. The highest BCUT2D eigenvalue weighted by atomic mass is 19.1. The van der Waals surface area contributed by atoms with Gasteiger partial charge in [-0.3, -0.25) is 4.90 Å². The van der Waals surface area contributed by atoms with Crippen LogP contribution in [0.3, 0.4) is 0 Å². The topological polar surface area (TPSA) is 83.4 Å². The Hall–Kier alpha value is -2.86. The average molecular weight is 309 g/mol. The van der Waals surface area contributed by atoms with Crippen LogP contribution < -0.4 is 11.5 Å². The van der Waals surface area contributed by atoms with Crippen molar-refractivity contribution < 1.29 is 4.39 Å². The molecule has 0 amide bonds. The van der Waals surface area contributed by atoms with E-state index in [2.05, 4.69) is 9.98 Å². The van der Waals surface area contributed by atoms with Crippen LogP contribution >= 0.6 is 0 Å². The Morgan fingerprint density at radius 3 is 2.70 bits per heavy atom. The summed E-state index contributed by atoms with van der Waals surface area (Å²) < 4.78 is 15.0. The summed E-state index contributed by atoms with van der Waals surface area (Å²) in [5.41, 5.74) is 15.2. The molecule has 1 aliphatic heterocycles. The first-order valence-corrected chi connectivity index (χ1v) is 7.34. The second-order valence-corrected chi connectivity index (χ2v) is 5.51. The fourth-order valence-corrected chi connectivity index (χ4v) is 3.05. The molecule has 4 rings (SSSR count). The van der Waals surface area contributed by atoms with E-state index >= 15 is 4.39 Å². The van der Waals surface area contributed by atoms with Crippen LogP contribution in [0.15, 0.2) is 59.7 Å². The number of fused-ring (bicyclic) bond motifs is 3. The summed E-state index contributed by atoms with van der Waals surface area (Å²) in [7, 11) is 0. The first-order chi connectivity index (χ1) is 11.2. The molecule has 0 bridgehead atoms. The largest absolute Gasteiger partial charge is 0.369 e. The normalized spacial score (nSPS) is 18.6. The number of hydrogen-bond donors (Lipinski definition) is 3. The maximum absolute atomic E-state index is 15.0. The van der Waals surface area contributed by atoms with Crippen molar-refractivity contribution >= 4 is 22.5 Å². The number of guanidine groups is 1. The van der Waals surface area contributed by atoms with Crippen molar-refractivity contribution in [2.75, 3.05) is 0 Å². The standard InChI is InChI=1S/C17H16FN5/c18-15(10-4-2-1-3-5-10)23-16(19)14-11-8-9-21-12(11)6-7-13(14)22-17(23)20/h1-9,15-16,21H,19H2,(H2,20,22). The van der Waals surface area contributed by atoms with Crippen LogP contribution in [-0.2, 0) is 0 Å². The molecule has 0 saturated carbocycles. The van der Waals surface area contributed by atoms with Gasteiger partial charge in [0.15, 0.2) is 0 Å². The van der Waals surface area contributed by atoms with Crippen molar-refractivity contribution in [3.8, 4) is 0 Å². The van der Waals surface area contributed by atoms with E-state index in [9.17, 15) is 0 Å². The van der Waals surface area contributed by atoms with Crippen molar-refractivity contribution in [1.82, 2.24) is 9.88 Å². The summed E-state index contributed by atoms with van der Waals surface area (Å²) in [5, 5.41) is 0.927. The van der Waals surface area contributed by atoms with E-state index in [1.165, 1.54) is 4.90 Å². The van der Waals surface area contributed by atoms with E-state index in [1.807, 2.05) is 30.5 Å². The summed E-state index contributed by atoms with van der Waals surface area (Å²) >= 11 is 0. The Labute approximate surface area is 132 Å². The van der Waals surface area contributed by atoms with Crippen molar-refractivity contribution in [1.29, 1.82) is 0 Å². The molecule has 1 aromatic heterocycles. The van der Waals surface area contributed by atoms with Crippen LogP contribution in [0, 0.1) is 0 Å². The molecule has 2 heterocycles. The Kier molecular flexibility index (Phi) is 3.06. The quantitative estimate of drug-likeness (QED) is 0.636. The number of benzene rings is 2. The number of nitrogens with one attached hydrogen (secondary N) is 1. The molecule has 23 heavy (non-hydrogen) atoms. The highest BCUT2D eigenvalue weighted by molar-refractivity contribution is 5.93. The third-order valence-electron chi connectivity index (χ3n) is 4.17. The minimum absolute atomic E-state index is 0.0799. The molecular formula is C17H16FN5. The molecule has 0 aliphatic carbocycles. The zero-order valence-corrected chi connectivity index (χ0v) is 12.3. The van der Waals surface area contributed by atoms with Crippen LogP contribution in [0.2, 0.25) is 0 Å². The highest BCUT2D eigenvalue weighted by Crippen LogP contribution is 2.40. The molecule has 0 radical (unpaired) electrons. The first kappa shape index (κ1) is 13.8. The van der Waals surface area contributed by atoms with Gasteiger partial charge in [0.1, 0.15) is 6.17 Å². The van der Waals surface area contributed by atoms with Gasteiger partial charge < -0.3 is 16.5 Å². The number of aliphatic imine (C=N–C) groups is 1. The van der Waals surface area contributed by atoms with Gasteiger partial charge in [0.2, 0.25) is 12.3 Å². The fraction of sp³-hybridized carbons (Fsp3) is 0.118. The predicted octanol–water partition coefficient (Wildman–Crippen LogP) is 3.06. The van der Waals surface area contributed by atoms with E-state index in [0.717, 1.165) is 16.5 Å². The van der Waals surface area contributed by atoms with Gasteiger partial charge in [0, 0.05) is 28.2 Å². The predicted molar refractivity (Wildman–Crippen MR) is 88.6 cm³/mol. The second kappa shape index (κ2) is 5.10. The van der Waals surface area contributed by atoms with Gasteiger partial charge in [-0.2, -0.15) is 0 Å². The molecule has 3 aromatic rings. The summed E-state index contributed by atoms with van der Waals surface area (Å²) in [5.74, 6) is 0.0799. The second-order valence-electron chi connectivity index (χ2n) is 5.51. The SMILES string of the molecule is NC1=Nc2ccc3[nH]ccc3c2C(N)N1C(F)c1ccccc1. The lowest BCUT2D eigenvalue weighted by Crippen LogP contribution is -2.46. The minimum atomic E-state index is -1.46. The number of halogens is 1. The van der Waals surface area contributed by atoms with Crippen LogP contribution in [0.5, 0.6) is 0 Å². The number of rotatable bonds is 2. The zero-order valence-electron chi connectivity index (χ0n) is 12.3. The van der Waals surface area contributed by atoms with Crippen LogP contribution in [-0.4, -0.2) is 15.8 Å². The summed E-state index contributed by atoms with van der Waals surface area (Å²) in [6.45, 7) is 0. The van der Waals surface area contributed by atoms with Gasteiger partial charge in [-0.25, -0.2) is 9.38 Å². The summed E-state index contributed by atoms with van der Waals surface area (Å²) in [6, 6.07) is 14.5. The molecule has 2 aromatic carbocycles. The fourth-order valence-electron chi connectivity index (χ4n) is 3.05. The lowest BCUT2D eigenvalue weighted by molar-refractivity contribution is 0.112. The van der Waals surface area contributed by atoms with Gasteiger partial charge in [-0.15, -0.1) is 0 Å². The van der Waals surface area contributed by atoms with Crippen molar-refractivity contribution in [2.45, 2.75) is 12.5 Å².